The molecule has 1 rings (SSSR count). The van der Waals surface area contributed by atoms with Crippen LogP contribution in [0.4, 0.5) is 0 Å². The van der Waals surface area contributed by atoms with E-state index in [1.54, 1.807) is 18.5 Å². The lowest BCUT2D eigenvalue weighted by Crippen LogP contribution is -1.83. The fourth-order valence-electron chi connectivity index (χ4n) is 0.683. The van der Waals surface area contributed by atoms with E-state index in [1.165, 1.54) is 0 Å². The number of halogens is 1. The predicted octanol–water partition coefficient (Wildman–Crippen LogP) is 2.55. The second-order valence-electron chi connectivity index (χ2n) is 1.92. The lowest BCUT2D eigenvalue weighted by molar-refractivity contribution is 1.18. The van der Waals surface area contributed by atoms with E-state index in [1.807, 2.05) is 12.1 Å². The molecule has 0 aromatic carbocycles. The van der Waals surface area contributed by atoms with Crippen LogP contribution in [0.1, 0.15) is 10.9 Å². The number of rotatable bonds is 2. The summed E-state index contributed by atoms with van der Waals surface area (Å²) < 4.78 is 0. The lowest BCUT2D eigenvalue weighted by Gasteiger charge is -2.00. The normalized spacial score (nSPS) is 12.5. The van der Waals surface area contributed by atoms with Gasteiger partial charge in [0.15, 0.2) is 0 Å². The maximum absolute atomic E-state index is 5.84. The molecule has 1 atom stereocenters. The summed E-state index contributed by atoms with van der Waals surface area (Å²) in [6.07, 6.45) is 5.12. The van der Waals surface area contributed by atoms with E-state index in [9.17, 15) is 0 Å². The molecule has 0 amide bonds. The fraction of sp³-hybridized carbons (Fsp3) is 0.125. The first-order valence-corrected chi connectivity index (χ1v) is 3.45. The SMILES string of the molecule is C=CC(Cl)c1ccncc1. The molecule has 1 aromatic heterocycles. The minimum atomic E-state index is -0.0944. The number of pyridine rings is 1. The van der Waals surface area contributed by atoms with E-state index >= 15 is 0 Å². The van der Waals surface area contributed by atoms with Crippen molar-refractivity contribution in [3.63, 3.8) is 0 Å². The first-order valence-electron chi connectivity index (χ1n) is 3.01. The third kappa shape index (κ3) is 1.58. The molecule has 1 unspecified atom stereocenters. The summed E-state index contributed by atoms with van der Waals surface area (Å²) in [5.74, 6) is 0. The zero-order chi connectivity index (χ0) is 7.40. The van der Waals surface area contributed by atoms with Gasteiger partial charge in [0.05, 0.1) is 5.38 Å². The Labute approximate surface area is 65.4 Å². The number of aromatic nitrogens is 1. The summed E-state index contributed by atoms with van der Waals surface area (Å²) in [5, 5.41) is -0.0944. The Morgan fingerprint density at radius 1 is 1.50 bits per heavy atom. The van der Waals surface area contributed by atoms with Crippen LogP contribution < -0.4 is 0 Å². The number of hydrogen-bond donors (Lipinski definition) is 0. The molecule has 10 heavy (non-hydrogen) atoms. The molecule has 52 valence electrons. The number of nitrogens with zero attached hydrogens (tertiary/aromatic N) is 1. The van der Waals surface area contributed by atoms with E-state index < -0.39 is 0 Å². The second kappa shape index (κ2) is 3.37. The van der Waals surface area contributed by atoms with Crippen molar-refractivity contribution >= 4 is 11.6 Å². The molecule has 0 saturated heterocycles. The minimum Gasteiger partial charge on any atom is -0.265 e. The van der Waals surface area contributed by atoms with Crippen LogP contribution in [0.15, 0.2) is 37.2 Å². The highest BCUT2D eigenvalue weighted by Crippen LogP contribution is 2.19. The maximum atomic E-state index is 5.84. The smallest absolute Gasteiger partial charge is 0.0764 e. The first-order chi connectivity index (χ1) is 4.84. The minimum absolute atomic E-state index is 0.0944. The maximum Gasteiger partial charge on any atom is 0.0764 e. The molecular formula is C8H8ClN. The van der Waals surface area contributed by atoms with Crippen LogP contribution in [-0.4, -0.2) is 4.98 Å². The molecule has 1 aromatic rings. The monoisotopic (exact) mass is 153 g/mol. The van der Waals surface area contributed by atoms with Crippen molar-refractivity contribution in [1.82, 2.24) is 4.98 Å². The number of alkyl halides is 1. The molecule has 0 saturated carbocycles. The Balaban J connectivity index is 2.84. The highest BCUT2D eigenvalue weighted by Gasteiger charge is 1.99. The Kier molecular flexibility index (Phi) is 2.46. The quantitative estimate of drug-likeness (QED) is 0.470. The Morgan fingerprint density at radius 2 is 2.10 bits per heavy atom. The molecule has 0 aliphatic rings. The van der Waals surface area contributed by atoms with Crippen molar-refractivity contribution in [2.24, 2.45) is 0 Å². The fourth-order valence-corrected chi connectivity index (χ4v) is 0.829. The third-order valence-corrected chi connectivity index (χ3v) is 1.66. The van der Waals surface area contributed by atoms with Crippen LogP contribution >= 0.6 is 11.6 Å². The van der Waals surface area contributed by atoms with Gasteiger partial charge in [-0.15, -0.1) is 18.2 Å². The van der Waals surface area contributed by atoms with Gasteiger partial charge in [-0.05, 0) is 17.7 Å². The molecule has 0 bridgehead atoms. The van der Waals surface area contributed by atoms with Gasteiger partial charge in [-0.25, -0.2) is 0 Å². The summed E-state index contributed by atoms with van der Waals surface area (Å²) in [4.78, 5) is 3.87. The summed E-state index contributed by atoms with van der Waals surface area (Å²) in [7, 11) is 0. The third-order valence-electron chi connectivity index (χ3n) is 1.23. The lowest BCUT2D eigenvalue weighted by atomic mass is 10.2. The molecule has 0 fully saturated rings. The van der Waals surface area contributed by atoms with Crippen LogP contribution in [0.2, 0.25) is 0 Å². The van der Waals surface area contributed by atoms with E-state index in [2.05, 4.69) is 11.6 Å². The van der Waals surface area contributed by atoms with Gasteiger partial charge < -0.3 is 0 Å². The van der Waals surface area contributed by atoms with Crippen LogP contribution in [-0.2, 0) is 0 Å². The van der Waals surface area contributed by atoms with Gasteiger partial charge in [0.25, 0.3) is 0 Å². The van der Waals surface area contributed by atoms with Crippen molar-refractivity contribution in [2.45, 2.75) is 5.38 Å². The van der Waals surface area contributed by atoms with Crippen molar-refractivity contribution in [3.05, 3.63) is 42.7 Å². The Morgan fingerprint density at radius 3 is 2.60 bits per heavy atom. The molecule has 0 spiro atoms. The van der Waals surface area contributed by atoms with Gasteiger partial charge in [0.1, 0.15) is 0 Å². The highest BCUT2D eigenvalue weighted by atomic mass is 35.5. The van der Waals surface area contributed by atoms with Crippen LogP contribution in [0.25, 0.3) is 0 Å². The van der Waals surface area contributed by atoms with Crippen molar-refractivity contribution in [1.29, 1.82) is 0 Å². The molecule has 1 nitrogen and oxygen atoms in total. The van der Waals surface area contributed by atoms with Crippen molar-refractivity contribution in [2.75, 3.05) is 0 Å². The summed E-state index contributed by atoms with van der Waals surface area (Å²) in [5.41, 5.74) is 1.03. The standard InChI is InChI=1S/C8H8ClN/c1-2-8(9)7-3-5-10-6-4-7/h2-6,8H,1H2. The van der Waals surface area contributed by atoms with Crippen molar-refractivity contribution in [3.8, 4) is 0 Å². The zero-order valence-corrected chi connectivity index (χ0v) is 6.25. The largest absolute Gasteiger partial charge is 0.265 e. The number of allylic oxidation sites excluding steroid dienone is 1. The van der Waals surface area contributed by atoms with Gasteiger partial charge in [0.2, 0.25) is 0 Å². The molecule has 0 radical (unpaired) electrons. The van der Waals surface area contributed by atoms with Crippen LogP contribution in [0.5, 0.6) is 0 Å². The molecule has 1 heterocycles. The second-order valence-corrected chi connectivity index (χ2v) is 2.39. The van der Waals surface area contributed by atoms with Crippen LogP contribution in [0.3, 0.4) is 0 Å². The zero-order valence-electron chi connectivity index (χ0n) is 5.50. The summed E-state index contributed by atoms with van der Waals surface area (Å²) >= 11 is 5.84. The van der Waals surface area contributed by atoms with E-state index in [0.717, 1.165) is 5.56 Å². The Hall–Kier alpha value is -0.820. The molecule has 0 N–H and O–H groups in total. The molecule has 0 aliphatic carbocycles. The van der Waals surface area contributed by atoms with Crippen LogP contribution in [0, 0.1) is 0 Å². The topological polar surface area (TPSA) is 12.9 Å². The average molecular weight is 154 g/mol. The van der Waals surface area contributed by atoms with Gasteiger partial charge in [-0.3, -0.25) is 4.98 Å². The van der Waals surface area contributed by atoms with E-state index in [-0.39, 0.29) is 5.38 Å². The molecular weight excluding hydrogens is 146 g/mol. The van der Waals surface area contributed by atoms with Gasteiger partial charge >= 0.3 is 0 Å². The van der Waals surface area contributed by atoms with Gasteiger partial charge in [-0.2, -0.15) is 0 Å². The average Bonchev–Trinajstić information content (AvgIpc) is 2.05. The molecule has 0 aliphatic heterocycles. The van der Waals surface area contributed by atoms with E-state index in [0.29, 0.717) is 0 Å². The predicted molar refractivity (Wildman–Crippen MR) is 43.0 cm³/mol. The summed E-state index contributed by atoms with van der Waals surface area (Å²) in [6, 6.07) is 3.75. The first kappa shape index (κ1) is 7.29. The highest BCUT2D eigenvalue weighted by molar-refractivity contribution is 6.21. The van der Waals surface area contributed by atoms with E-state index in [4.69, 9.17) is 11.6 Å². The number of hydrogen-bond acceptors (Lipinski definition) is 1. The Bertz CT molecular complexity index is 208. The van der Waals surface area contributed by atoms with Crippen molar-refractivity contribution < 1.29 is 0 Å². The van der Waals surface area contributed by atoms with Gasteiger partial charge in [-0.1, -0.05) is 6.08 Å². The molecule has 2 heteroatoms. The van der Waals surface area contributed by atoms with Gasteiger partial charge in [0, 0.05) is 12.4 Å². The summed E-state index contributed by atoms with van der Waals surface area (Å²) in [6.45, 7) is 3.58.